The van der Waals surface area contributed by atoms with E-state index in [0.29, 0.717) is 11.3 Å². The Labute approximate surface area is 192 Å². The van der Waals surface area contributed by atoms with E-state index in [2.05, 4.69) is 21.2 Å². The normalized spacial score (nSPS) is 16.2. The Balaban J connectivity index is 1.35. The first-order chi connectivity index (χ1) is 16.1. The first-order valence-corrected chi connectivity index (χ1v) is 10.8. The van der Waals surface area contributed by atoms with Crippen molar-refractivity contribution in [3.05, 3.63) is 95.3 Å². The van der Waals surface area contributed by atoms with Crippen molar-refractivity contribution in [1.29, 1.82) is 0 Å². The van der Waals surface area contributed by atoms with Crippen molar-refractivity contribution < 1.29 is 19.4 Å². The molecule has 1 unspecified atom stereocenters. The van der Waals surface area contributed by atoms with Gasteiger partial charge in [0.05, 0.1) is 17.9 Å². The summed E-state index contributed by atoms with van der Waals surface area (Å²) in [6, 6.07) is 19.2. The van der Waals surface area contributed by atoms with Crippen molar-refractivity contribution in [3.63, 3.8) is 0 Å². The molecule has 4 rings (SSSR count). The van der Waals surface area contributed by atoms with E-state index >= 15 is 0 Å². The van der Waals surface area contributed by atoms with Gasteiger partial charge in [0.15, 0.2) is 0 Å². The molecule has 3 aromatic rings. The molecule has 4 N–H and O–H groups in total. The van der Waals surface area contributed by atoms with Gasteiger partial charge in [-0.2, -0.15) is 0 Å². The maximum absolute atomic E-state index is 12.7. The minimum atomic E-state index is -1.08. The van der Waals surface area contributed by atoms with Crippen LogP contribution in [0.1, 0.15) is 39.6 Å². The van der Waals surface area contributed by atoms with E-state index in [-0.39, 0.29) is 19.1 Å². The second-order valence-electron chi connectivity index (χ2n) is 7.87. The first kappa shape index (κ1) is 22.4. The molecule has 33 heavy (non-hydrogen) atoms. The van der Waals surface area contributed by atoms with Crippen molar-refractivity contribution >= 4 is 11.9 Å². The highest BCUT2D eigenvalue weighted by atomic mass is 16.5. The third-order valence-electron chi connectivity index (χ3n) is 5.43. The molecule has 2 heterocycles. The topological polar surface area (TPSA) is 113 Å². The smallest absolute Gasteiger partial charge is 0.326 e. The zero-order valence-corrected chi connectivity index (χ0v) is 18.0. The number of hydrogen-bond donors (Lipinski definition) is 4. The van der Waals surface area contributed by atoms with Gasteiger partial charge in [-0.15, -0.1) is 0 Å². The summed E-state index contributed by atoms with van der Waals surface area (Å²) in [5, 5.41) is 12.2. The second-order valence-corrected chi connectivity index (χ2v) is 7.87. The van der Waals surface area contributed by atoms with Gasteiger partial charge < -0.3 is 15.2 Å². The number of carboxylic acids is 1. The number of nitrogens with one attached hydrogen (secondary N) is 3. The number of carboxylic acid groups (broad SMARTS) is 1. The third kappa shape index (κ3) is 6.15. The van der Waals surface area contributed by atoms with Crippen LogP contribution >= 0.6 is 0 Å². The molecule has 0 spiro atoms. The largest absolute Gasteiger partial charge is 0.487 e. The van der Waals surface area contributed by atoms with E-state index < -0.39 is 17.9 Å². The molecule has 1 fully saturated rings. The van der Waals surface area contributed by atoms with Gasteiger partial charge >= 0.3 is 5.97 Å². The van der Waals surface area contributed by atoms with Gasteiger partial charge in [-0.25, -0.2) is 10.2 Å². The molecule has 0 radical (unpaired) electrons. The molecule has 1 amide bonds. The van der Waals surface area contributed by atoms with Gasteiger partial charge in [-0.1, -0.05) is 42.5 Å². The van der Waals surface area contributed by atoms with E-state index in [1.54, 1.807) is 24.4 Å². The van der Waals surface area contributed by atoms with Gasteiger partial charge in [0.1, 0.15) is 18.4 Å². The molecule has 0 bridgehead atoms. The number of nitrogens with zero attached hydrogens (tertiary/aromatic N) is 1. The lowest BCUT2D eigenvalue weighted by atomic mass is 10.0. The maximum Gasteiger partial charge on any atom is 0.326 e. The molecule has 8 heteroatoms. The summed E-state index contributed by atoms with van der Waals surface area (Å²) in [5.74, 6) is -0.886. The molecule has 1 aliphatic rings. The number of pyridine rings is 1. The molecule has 170 valence electrons. The van der Waals surface area contributed by atoms with Crippen molar-refractivity contribution in [2.75, 3.05) is 6.54 Å². The summed E-state index contributed by atoms with van der Waals surface area (Å²) >= 11 is 0. The fourth-order valence-electron chi connectivity index (χ4n) is 3.65. The van der Waals surface area contributed by atoms with Crippen LogP contribution in [0.25, 0.3) is 0 Å². The van der Waals surface area contributed by atoms with Gasteiger partial charge in [0.25, 0.3) is 5.91 Å². The Bertz CT molecular complexity index is 1080. The number of hydrogen-bond acceptors (Lipinski definition) is 6. The number of aliphatic carboxylic acids is 1. The zero-order valence-electron chi connectivity index (χ0n) is 18.0. The lowest BCUT2D eigenvalue weighted by molar-refractivity contribution is -0.139. The van der Waals surface area contributed by atoms with Gasteiger partial charge in [-0.3, -0.25) is 15.2 Å². The van der Waals surface area contributed by atoms with Crippen molar-refractivity contribution in [1.82, 2.24) is 21.2 Å². The lowest BCUT2D eigenvalue weighted by Crippen LogP contribution is -2.42. The minimum Gasteiger partial charge on any atom is -0.487 e. The minimum absolute atomic E-state index is 0.200. The highest BCUT2D eigenvalue weighted by molar-refractivity contribution is 5.96. The fraction of sp³-hybridized carbons (Fsp3) is 0.240. The van der Waals surface area contributed by atoms with Crippen LogP contribution in [0.4, 0.5) is 0 Å². The summed E-state index contributed by atoms with van der Waals surface area (Å²) in [5.41, 5.74) is 9.23. The van der Waals surface area contributed by atoms with E-state index in [1.165, 1.54) is 0 Å². The molecule has 2 atom stereocenters. The summed E-state index contributed by atoms with van der Waals surface area (Å²) in [6.45, 7) is 1.17. The van der Waals surface area contributed by atoms with Gasteiger partial charge in [0, 0.05) is 18.5 Å². The average Bonchev–Trinajstić information content (AvgIpc) is 3.38. The SMILES string of the molecule is O=C(N[C@H](Cc1ccccc1)C(=O)O)c1cccc(COc2ccc(C3CCNN3)nc2)c1. The van der Waals surface area contributed by atoms with Crippen LogP contribution in [-0.2, 0) is 17.8 Å². The Morgan fingerprint density at radius 2 is 1.91 bits per heavy atom. The zero-order chi connectivity index (χ0) is 23.0. The number of benzene rings is 2. The summed E-state index contributed by atoms with van der Waals surface area (Å²) in [7, 11) is 0. The highest BCUT2D eigenvalue weighted by Crippen LogP contribution is 2.19. The first-order valence-electron chi connectivity index (χ1n) is 10.8. The van der Waals surface area contributed by atoms with Crippen LogP contribution < -0.4 is 20.9 Å². The average molecular weight is 447 g/mol. The van der Waals surface area contributed by atoms with Gasteiger partial charge in [0.2, 0.25) is 0 Å². The third-order valence-corrected chi connectivity index (χ3v) is 5.43. The molecule has 1 aliphatic heterocycles. The summed E-state index contributed by atoms with van der Waals surface area (Å²) in [6.07, 6.45) is 2.88. The molecule has 0 saturated carbocycles. The molecular formula is C25H26N4O4. The summed E-state index contributed by atoms with van der Waals surface area (Å²) in [4.78, 5) is 28.8. The lowest BCUT2D eigenvalue weighted by Gasteiger charge is -2.15. The van der Waals surface area contributed by atoms with Crippen molar-refractivity contribution in [2.45, 2.75) is 31.5 Å². The predicted octanol–water partition coefficient (Wildman–Crippen LogP) is 2.63. The number of rotatable bonds is 9. The van der Waals surface area contributed by atoms with E-state index in [9.17, 15) is 14.7 Å². The summed E-state index contributed by atoms with van der Waals surface area (Å²) < 4.78 is 5.82. The standard InChI is InChI=1S/C25H26N4O4/c30-24(28-23(25(31)32)14-17-5-2-1-3-6-17)19-8-4-7-18(13-19)16-33-20-9-10-21(26-15-20)22-11-12-27-29-22/h1-10,13,15,22-23,27,29H,11-12,14,16H2,(H,28,30)(H,31,32)/t22?,23-/m1/s1. The van der Waals surface area contributed by atoms with Crippen molar-refractivity contribution in [2.24, 2.45) is 0 Å². The number of carbonyl (C=O) groups is 2. The molecule has 1 aromatic heterocycles. The molecule has 8 nitrogen and oxygen atoms in total. The van der Waals surface area contributed by atoms with Gasteiger partial charge in [-0.05, 0) is 41.8 Å². The molecular weight excluding hydrogens is 420 g/mol. The number of ether oxygens (including phenoxy) is 1. The Hall–Kier alpha value is -3.75. The van der Waals surface area contributed by atoms with E-state index in [4.69, 9.17) is 4.74 Å². The second kappa shape index (κ2) is 10.7. The quantitative estimate of drug-likeness (QED) is 0.400. The van der Waals surface area contributed by atoms with Crippen LogP contribution in [-0.4, -0.2) is 34.6 Å². The van der Waals surface area contributed by atoms with Crippen LogP contribution in [0.15, 0.2) is 72.9 Å². The number of hydrazine groups is 1. The number of carbonyl (C=O) groups excluding carboxylic acids is 1. The van der Waals surface area contributed by atoms with Crippen LogP contribution in [0.2, 0.25) is 0 Å². The Morgan fingerprint density at radius 1 is 1.09 bits per heavy atom. The van der Waals surface area contributed by atoms with Crippen LogP contribution in [0.3, 0.4) is 0 Å². The van der Waals surface area contributed by atoms with E-state index in [1.807, 2.05) is 48.5 Å². The van der Waals surface area contributed by atoms with Crippen LogP contribution in [0.5, 0.6) is 5.75 Å². The molecule has 0 aliphatic carbocycles. The van der Waals surface area contributed by atoms with Crippen molar-refractivity contribution in [3.8, 4) is 5.75 Å². The van der Waals surface area contributed by atoms with Crippen LogP contribution in [0, 0.1) is 0 Å². The molecule has 1 saturated heterocycles. The Kier molecular flexibility index (Phi) is 7.29. The fourth-order valence-corrected chi connectivity index (χ4v) is 3.65. The maximum atomic E-state index is 12.7. The monoisotopic (exact) mass is 446 g/mol. The number of aromatic nitrogens is 1. The predicted molar refractivity (Wildman–Crippen MR) is 123 cm³/mol. The highest BCUT2D eigenvalue weighted by Gasteiger charge is 2.21. The number of amides is 1. The molecule has 2 aromatic carbocycles. The van der Waals surface area contributed by atoms with E-state index in [0.717, 1.165) is 29.8 Å². The Morgan fingerprint density at radius 3 is 2.61 bits per heavy atom.